The molecule has 4 heterocycles. The van der Waals surface area contributed by atoms with Gasteiger partial charge in [-0.25, -0.2) is 4.39 Å². The highest BCUT2D eigenvalue weighted by Crippen LogP contribution is 2.42. The third kappa shape index (κ3) is 3.68. The van der Waals surface area contributed by atoms with E-state index in [1.807, 2.05) is 25.3 Å². The maximum absolute atomic E-state index is 15.1. The predicted octanol–water partition coefficient (Wildman–Crippen LogP) is 4.07. The minimum Gasteiger partial charge on any atom is -0.502 e. The number of carbonyl (C=O) groups is 1. The summed E-state index contributed by atoms with van der Waals surface area (Å²) in [5.74, 6) is -3.52. The topological polar surface area (TPSA) is 75.0 Å². The van der Waals surface area contributed by atoms with E-state index in [4.69, 9.17) is 4.74 Å². The maximum Gasteiger partial charge on any atom is 0.278 e. The lowest BCUT2D eigenvalue weighted by molar-refractivity contribution is 0.0626. The molecular formula is C25H23F2N3O4S. The zero-order valence-electron chi connectivity index (χ0n) is 19.1. The molecule has 2 aliphatic heterocycles. The second-order valence-electron chi connectivity index (χ2n) is 8.44. The molecule has 5 rings (SSSR count). The van der Waals surface area contributed by atoms with Crippen LogP contribution in [0.2, 0.25) is 0 Å². The molecule has 2 aromatic heterocycles. The first-order valence-corrected chi connectivity index (χ1v) is 12.0. The van der Waals surface area contributed by atoms with Gasteiger partial charge in [-0.1, -0.05) is 13.0 Å². The average molecular weight is 500 g/mol. The molecule has 0 unspecified atom stereocenters. The normalized spacial score (nSPS) is 20.5. The van der Waals surface area contributed by atoms with Crippen molar-refractivity contribution in [3.63, 3.8) is 0 Å². The van der Waals surface area contributed by atoms with E-state index < -0.39 is 34.8 Å². The number of carbonyl (C=O) groups excluding carboxylic acids is 1. The van der Waals surface area contributed by atoms with E-state index in [1.54, 1.807) is 22.1 Å². The van der Waals surface area contributed by atoms with Crippen molar-refractivity contribution < 1.29 is 23.4 Å². The summed E-state index contributed by atoms with van der Waals surface area (Å²) >= 11 is 1.43. The SMILES string of the molecule is CC[C@H]1/C=C\COc2c(ccc(F)c2F)[C@@H](c2sccc2C)N2CN1C(=O)c1c(O)c(=O)ccn12. The molecular weight excluding hydrogens is 476 g/mol. The van der Waals surface area contributed by atoms with Crippen LogP contribution in [0, 0.1) is 18.6 Å². The second-order valence-corrected chi connectivity index (χ2v) is 9.39. The first-order valence-electron chi connectivity index (χ1n) is 11.2. The lowest BCUT2D eigenvalue weighted by Crippen LogP contribution is -2.57. The van der Waals surface area contributed by atoms with Crippen LogP contribution < -0.4 is 15.2 Å². The van der Waals surface area contributed by atoms with Gasteiger partial charge in [0.2, 0.25) is 11.2 Å². The van der Waals surface area contributed by atoms with E-state index in [9.17, 15) is 19.1 Å². The highest BCUT2D eigenvalue weighted by atomic mass is 32.1. The highest BCUT2D eigenvalue weighted by molar-refractivity contribution is 7.10. The van der Waals surface area contributed by atoms with E-state index in [1.165, 1.54) is 34.3 Å². The number of thiophene rings is 1. The Morgan fingerprint density at radius 2 is 2.00 bits per heavy atom. The smallest absolute Gasteiger partial charge is 0.278 e. The molecule has 2 bridgehead atoms. The number of halogens is 2. The number of pyridine rings is 1. The molecule has 0 aliphatic carbocycles. The molecule has 0 fully saturated rings. The minimum atomic E-state index is -1.10. The van der Waals surface area contributed by atoms with Crippen LogP contribution in [0.5, 0.6) is 11.5 Å². The van der Waals surface area contributed by atoms with Crippen molar-refractivity contribution in [1.29, 1.82) is 0 Å². The van der Waals surface area contributed by atoms with Gasteiger partial charge in [0.05, 0.1) is 6.04 Å². The zero-order valence-corrected chi connectivity index (χ0v) is 19.9. The molecule has 35 heavy (non-hydrogen) atoms. The summed E-state index contributed by atoms with van der Waals surface area (Å²) in [6.45, 7) is 3.85. The third-order valence-corrected chi connectivity index (χ3v) is 7.49. The molecule has 2 aliphatic rings. The van der Waals surface area contributed by atoms with Gasteiger partial charge in [0.15, 0.2) is 23.0 Å². The van der Waals surface area contributed by atoms with Crippen LogP contribution in [-0.4, -0.2) is 39.9 Å². The number of rotatable bonds is 2. The fraction of sp³-hybridized carbons (Fsp3) is 0.280. The molecule has 0 spiro atoms. The van der Waals surface area contributed by atoms with E-state index >= 15 is 4.39 Å². The fourth-order valence-electron chi connectivity index (χ4n) is 4.63. The van der Waals surface area contributed by atoms with Crippen LogP contribution in [0.25, 0.3) is 0 Å². The number of aromatic nitrogens is 1. The number of amides is 1. The molecule has 2 atom stereocenters. The number of fused-ring (bicyclic) bond motifs is 5. The van der Waals surface area contributed by atoms with Gasteiger partial charge in [0, 0.05) is 22.7 Å². The summed E-state index contributed by atoms with van der Waals surface area (Å²) in [6.07, 6.45) is 5.38. The standard InChI is InChI=1S/C25H23F2N3O4S/c1-3-15-5-4-11-34-23-16(6-7-17(26)19(23)27)20(24-14(2)9-12-35-24)30-13-28(15)25(33)21-22(32)18(31)8-10-29(21)30/h4-10,12,15,20,32H,3,11,13H2,1-2H3/b5-4-/t15-,20-/m0/s1. The molecule has 0 saturated carbocycles. The van der Waals surface area contributed by atoms with Crippen molar-refractivity contribution in [1.82, 2.24) is 9.58 Å². The lowest BCUT2D eigenvalue weighted by atomic mass is 10.00. The maximum atomic E-state index is 15.1. The van der Waals surface area contributed by atoms with Crippen LogP contribution in [0.4, 0.5) is 8.78 Å². The Kier molecular flexibility index (Phi) is 5.84. The van der Waals surface area contributed by atoms with Crippen molar-refractivity contribution in [2.75, 3.05) is 18.3 Å². The lowest BCUT2D eigenvalue weighted by Gasteiger charge is -2.45. The van der Waals surface area contributed by atoms with Gasteiger partial charge in [-0.05, 0) is 48.6 Å². The van der Waals surface area contributed by atoms with E-state index in [0.717, 1.165) is 16.5 Å². The van der Waals surface area contributed by atoms with Crippen molar-refractivity contribution in [2.24, 2.45) is 0 Å². The highest BCUT2D eigenvalue weighted by Gasteiger charge is 2.40. The molecule has 10 heteroatoms. The largest absolute Gasteiger partial charge is 0.502 e. The summed E-state index contributed by atoms with van der Waals surface area (Å²) in [4.78, 5) is 28.2. The fourth-order valence-corrected chi connectivity index (χ4v) is 5.68. The molecule has 0 saturated heterocycles. The quantitative estimate of drug-likeness (QED) is 0.538. The molecule has 7 nitrogen and oxygen atoms in total. The Bertz CT molecular complexity index is 1400. The predicted molar refractivity (Wildman–Crippen MR) is 128 cm³/mol. The van der Waals surface area contributed by atoms with Gasteiger partial charge in [-0.3, -0.25) is 19.3 Å². The van der Waals surface area contributed by atoms with E-state index in [0.29, 0.717) is 12.0 Å². The van der Waals surface area contributed by atoms with Crippen LogP contribution in [0.1, 0.15) is 45.9 Å². The summed E-state index contributed by atoms with van der Waals surface area (Å²) in [6, 6.07) is 4.51. The number of hydrogen-bond acceptors (Lipinski definition) is 6. The molecule has 182 valence electrons. The van der Waals surface area contributed by atoms with Crippen LogP contribution >= 0.6 is 11.3 Å². The van der Waals surface area contributed by atoms with Crippen molar-refractivity contribution in [2.45, 2.75) is 32.4 Å². The first kappa shape index (κ1) is 23.1. The van der Waals surface area contributed by atoms with Gasteiger partial charge >= 0.3 is 0 Å². The summed E-state index contributed by atoms with van der Waals surface area (Å²) in [5, 5.41) is 14.3. The van der Waals surface area contributed by atoms with Gasteiger partial charge in [-0.2, -0.15) is 4.39 Å². The number of benzene rings is 1. The molecule has 1 N–H and O–H groups in total. The van der Waals surface area contributed by atoms with Gasteiger partial charge in [-0.15, -0.1) is 11.3 Å². The number of nitrogens with zero attached hydrogens (tertiary/aromatic N) is 3. The van der Waals surface area contributed by atoms with Crippen molar-refractivity contribution in [3.8, 4) is 11.5 Å². The van der Waals surface area contributed by atoms with Gasteiger partial charge in [0.25, 0.3) is 5.91 Å². The minimum absolute atomic E-state index is 0.0297. The monoisotopic (exact) mass is 499 g/mol. The van der Waals surface area contributed by atoms with Gasteiger partial charge < -0.3 is 14.7 Å². The molecule has 0 radical (unpaired) electrons. The van der Waals surface area contributed by atoms with Gasteiger partial charge in [0.1, 0.15) is 19.3 Å². The molecule has 3 aromatic rings. The summed E-state index contributed by atoms with van der Waals surface area (Å²) in [7, 11) is 0. The van der Waals surface area contributed by atoms with Crippen molar-refractivity contribution in [3.05, 3.63) is 91.6 Å². The Balaban J connectivity index is 1.85. The first-order chi connectivity index (χ1) is 16.8. The van der Waals surface area contributed by atoms with Crippen LogP contribution in [0.3, 0.4) is 0 Å². The Labute approximate surface area is 204 Å². The van der Waals surface area contributed by atoms with Crippen LogP contribution in [-0.2, 0) is 0 Å². The summed E-state index contributed by atoms with van der Waals surface area (Å²) < 4.78 is 36.6. The zero-order chi connectivity index (χ0) is 24.9. The number of aryl methyl sites for hydroxylation is 1. The molecule has 1 aromatic carbocycles. The van der Waals surface area contributed by atoms with Crippen molar-refractivity contribution >= 4 is 17.2 Å². The number of ether oxygens (including phenoxy) is 1. The van der Waals surface area contributed by atoms with Crippen LogP contribution in [0.15, 0.2) is 52.8 Å². The molecule has 1 amide bonds. The summed E-state index contributed by atoms with van der Waals surface area (Å²) in [5.41, 5.74) is 0.404. The van der Waals surface area contributed by atoms with E-state index in [2.05, 4.69) is 0 Å². The Morgan fingerprint density at radius 3 is 2.71 bits per heavy atom. The Morgan fingerprint density at radius 1 is 1.20 bits per heavy atom. The Hall–Kier alpha value is -3.66. The average Bonchev–Trinajstić information content (AvgIpc) is 3.25. The number of hydrogen-bond donors (Lipinski definition) is 1. The second kappa shape index (κ2) is 8.84. The third-order valence-electron chi connectivity index (χ3n) is 6.42. The van der Waals surface area contributed by atoms with E-state index in [-0.39, 0.29) is 30.8 Å². The number of aromatic hydroxyl groups is 1.